The average Bonchev–Trinajstić information content (AvgIpc) is 2.30. The minimum atomic E-state index is 0.460. The van der Waals surface area contributed by atoms with Crippen LogP contribution in [0, 0.1) is 12.8 Å². The van der Waals surface area contributed by atoms with Crippen LogP contribution in [-0.2, 0) is 6.42 Å². The van der Waals surface area contributed by atoms with Crippen LogP contribution in [0.15, 0.2) is 24.3 Å². The maximum absolute atomic E-state index is 6.24. The number of hydrogen-bond acceptors (Lipinski definition) is 2. The number of aryl methyl sites for hydroxylation is 1. The summed E-state index contributed by atoms with van der Waals surface area (Å²) in [5.74, 6) is 0.460. The molecule has 0 spiro atoms. The SMILES string of the molecule is Cc1cc(Cl)c2cccc(CC(C)CN)c2n1. The molecule has 0 amide bonds. The maximum Gasteiger partial charge on any atom is 0.0752 e. The third kappa shape index (κ3) is 2.59. The lowest BCUT2D eigenvalue weighted by molar-refractivity contribution is 0.594. The number of fused-ring (bicyclic) bond motifs is 1. The smallest absolute Gasteiger partial charge is 0.0752 e. The fraction of sp³-hybridized carbons (Fsp3) is 0.357. The molecule has 1 heterocycles. The molecule has 0 aliphatic carbocycles. The number of hydrogen-bond donors (Lipinski definition) is 1. The van der Waals surface area contributed by atoms with Gasteiger partial charge in [-0.25, -0.2) is 0 Å². The number of halogens is 1. The number of nitrogens with zero attached hydrogens (tertiary/aromatic N) is 1. The van der Waals surface area contributed by atoms with Gasteiger partial charge in [-0.05, 0) is 37.4 Å². The Morgan fingerprint density at radius 3 is 2.88 bits per heavy atom. The van der Waals surface area contributed by atoms with Gasteiger partial charge in [0.25, 0.3) is 0 Å². The van der Waals surface area contributed by atoms with E-state index in [1.54, 1.807) is 0 Å². The number of benzene rings is 1. The number of pyridine rings is 1. The summed E-state index contributed by atoms with van der Waals surface area (Å²) in [6.07, 6.45) is 0.945. The van der Waals surface area contributed by atoms with Crippen molar-refractivity contribution < 1.29 is 0 Å². The summed E-state index contributed by atoms with van der Waals surface area (Å²) in [7, 11) is 0. The lowest BCUT2D eigenvalue weighted by atomic mass is 9.98. The Labute approximate surface area is 107 Å². The van der Waals surface area contributed by atoms with Crippen molar-refractivity contribution in [3.05, 3.63) is 40.5 Å². The molecule has 90 valence electrons. The van der Waals surface area contributed by atoms with Gasteiger partial charge in [0, 0.05) is 11.1 Å². The van der Waals surface area contributed by atoms with E-state index in [-0.39, 0.29) is 0 Å². The minimum absolute atomic E-state index is 0.460. The molecule has 0 bridgehead atoms. The molecule has 17 heavy (non-hydrogen) atoms. The molecule has 0 saturated heterocycles. The zero-order chi connectivity index (χ0) is 12.4. The second-order valence-corrected chi connectivity index (χ2v) is 5.01. The molecule has 0 aliphatic rings. The van der Waals surface area contributed by atoms with Gasteiger partial charge < -0.3 is 5.73 Å². The topological polar surface area (TPSA) is 38.9 Å². The van der Waals surface area contributed by atoms with Crippen LogP contribution in [0.2, 0.25) is 5.02 Å². The summed E-state index contributed by atoms with van der Waals surface area (Å²) in [6, 6.07) is 8.06. The molecular weight excluding hydrogens is 232 g/mol. The van der Waals surface area contributed by atoms with E-state index >= 15 is 0 Å². The number of para-hydroxylation sites is 1. The van der Waals surface area contributed by atoms with E-state index < -0.39 is 0 Å². The van der Waals surface area contributed by atoms with Crippen LogP contribution in [0.1, 0.15) is 18.2 Å². The Morgan fingerprint density at radius 1 is 1.41 bits per heavy atom. The molecule has 2 rings (SSSR count). The fourth-order valence-corrected chi connectivity index (χ4v) is 2.32. The van der Waals surface area contributed by atoms with E-state index in [2.05, 4.69) is 18.0 Å². The normalized spacial score (nSPS) is 12.9. The van der Waals surface area contributed by atoms with Crippen LogP contribution in [0.25, 0.3) is 10.9 Å². The van der Waals surface area contributed by atoms with E-state index in [0.29, 0.717) is 12.5 Å². The first-order valence-electron chi connectivity index (χ1n) is 5.86. The van der Waals surface area contributed by atoms with Gasteiger partial charge in [0.05, 0.1) is 10.5 Å². The van der Waals surface area contributed by atoms with E-state index in [4.69, 9.17) is 17.3 Å². The largest absolute Gasteiger partial charge is 0.330 e. The van der Waals surface area contributed by atoms with Crippen LogP contribution in [0.3, 0.4) is 0 Å². The molecule has 2 N–H and O–H groups in total. The predicted octanol–water partition coefficient (Wildman–Crippen LogP) is 3.33. The summed E-state index contributed by atoms with van der Waals surface area (Å²) in [4.78, 5) is 4.60. The van der Waals surface area contributed by atoms with Gasteiger partial charge >= 0.3 is 0 Å². The maximum atomic E-state index is 6.24. The van der Waals surface area contributed by atoms with Gasteiger partial charge in [0.2, 0.25) is 0 Å². The highest BCUT2D eigenvalue weighted by Gasteiger charge is 2.09. The first kappa shape index (κ1) is 12.3. The molecule has 1 atom stereocenters. The van der Waals surface area contributed by atoms with Gasteiger partial charge in [-0.15, -0.1) is 0 Å². The predicted molar refractivity (Wildman–Crippen MR) is 73.4 cm³/mol. The first-order valence-corrected chi connectivity index (χ1v) is 6.24. The molecule has 0 aliphatic heterocycles. The summed E-state index contributed by atoms with van der Waals surface area (Å²) in [6.45, 7) is 4.81. The third-order valence-electron chi connectivity index (χ3n) is 2.97. The second kappa shape index (κ2) is 5.03. The minimum Gasteiger partial charge on any atom is -0.330 e. The average molecular weight is 249 g/mol. The van der Waals surface area contributed by atoms with Gasteiger partial charge in [-0.3, -0.25) is 4.98 Å². The molecular formula is C14H17ClN2. The lowest BCUT2D eigenvalue weighted by Crippen LogP contribution is -2.13. The Kier molecular flexibility index (Phi) is 3.65. The molecule has 0 saturated carbocycles. The third-order valence-corrected chi connectivity index (χ3v) is 3.28. The van der Waals surface area contributed by atoms with Crippen LogP contribution in [0.5, 0.6) is 0 Å². The highest BCUT2D eigenvalue weighted by molar-refractivity contribution is 6.35. The summed E-state index contributed by atoms with van der Waals surface area (Å²) in [5.41, 5.74) is 8.87. The van der Waals surface area contributed by atoms with Crippen molar-refractivity contribution in [3.8, 4) is 0 Å². The van der Waals surface area contributed by atoms with Crippen LogP contribution < -0.4 is 5.73 Å². The van der Waals surface area contributed by atoms with Gasteiger partial charge in [0.1, 0.15) is 0 Å². The highest BCUT2D eigenvalue weighted by atomic mass is 35.5. The van der Waals surface area contributed by atoms with E-state index in [9.17, 15) is 0 Å². The molecule has 1 unspecified atom stereocenters. The van der Waals surface area contributed by atoms with Crippen molar-refractivity contribution in [2.45, 2.75) is 20.3 Å². The van der Waals surface area contributed by atoms with Crippen molar-refractivity contribution in [1.29, 1.82) is 0 Å². The van der Waals surface area contributed by atoms with Crippen molar-refractivity contribution in [2.75, 3.05) is 6.54 Å². The van der Waals surface area contributed by atoms with E-state index in [1.165, 1.54) is 5.56 Å². The quantitative estimate of drug-likeness (QED) is 0.905. The molecule has 2 aromatic rings. The summed E-state index contributed by atoms with van der Waals surface area (Å²) in [5, 5.41) is 1.80. The van der Waals surface area contributed by atoms with Crippen LogP contribution >= 0.6 is 11.6 Å². The fourth-order valence-electron chi connectivity index (χ4n) is 2.01. The van der Waals surface area contributed by atoms with E-state index in [1.807, 2.05) is 25.1 Å². The zero-order valence-corrected chi connectivity index (χ0v) is 11.0. The number of aromatic nitrogens is 1. The number of rotatable bonds is 3. The molecule has 0 fully saturated rings. The van der Waals surface area contributed by atoms with E-state index in [0.717, 1.165) is 28.0 Å². The Balaban J connectivity index is 2.56. The highest BCUT2D eigenvalue weighted by Crippen LogP contribution is 2.26. The molecule has 1 aromatic carbocycles. The monoisotopic (exact) mass is 248 g/mol. The molecule has 2 nitrogen and oxygen atoms in total. The summed E-state index contributed by atoms with van der Waals surface area (Å²) < 4.78 is 0. The van der Waals surface area contributed by atoms with Gasteiger partial charge in [-0.2, -0.15) is 0 Å². The Bertz CT molecular complexity index is 537. The Hall–Kier alpha value is -1.12. The van der Waals surface area contributed by atoms with Crippen molar-refractivity contribution >= 4 is 22.5 Å². The molecule has 1 aromatic heterocycles. The number of nitrogens with two attached hydrogens (primary N) is 1. The zero-order valence-electron chi connectivity index (χ0n) is 10.2. The van der Waals surface area contributed by atoms with Crippen LogP contribution in [0.4, 0.5) is 0 Å². The van der Waals surface area contributed by atoms with Gasteiger partial charge in [-0.1, -0.05) is 36.7 Å². The lowest BCUT2D eigenvalue weighted by Gasteiger charge is -2.11. The van der Waals surface area contributed by atoms with Crippen molar-refractivity contribution in [1.82, 2.24) is 4.98 Å². The molecule has 3 heteroatoms. The molecule has 0 radical (unpaired) electrons. The second-order valence-electron chi connectivity index (χ2n) is 4.60. The van der Waals surface area contributed by atoms with Crippen molar-refractivity contribution in [2.24, 2.45) is 11.7 Å². The standard InChI is InChI=1S/C14H17ClN2/c1-9(8-16)6-11-4-3-5-12-13(15)7-10(2)17-14(11)12/h3-5,7,9H,6,8,16H2,1-2H3. The summed E-state index contributed by atoms with van der Waals surface area (Å²) >= 11 is 6.24. The Morgan fingerprint density at radius 2 is 2.18 bits per heavy atom. The first-order chi connectivity index (χ1) is 8.11. The van der Waals surface area contributed by atoms with Crippen molar-refractivity contribution in [3.63, 3.8) is 0 Å². The van der Waals surface area contributed by atoms with Crippen LogP contribution in [-0.4, -0.2) is 11.5 Å². The van der Waals surface area contributed by atoms with Gasteiger partial charge in [0.15, 0.2) is 0 Å².